The van der Waals surface area contributed by atoms with Crippen molar-refractivity contribution in [2.75, 3.05) is 0 Å². The first-order valence-electron chi connectivity index (χ1n) is 8.32. The van der Waals surface area contributed by atoms with Crippen LogP contribution in [-0.2, 0) is 4.79 Å². The van der Waals surface area contributed by atoms with Crippen LogP contribution in [0.3, 0.4) is 0 Å². The van der Waals surface area contributed by atoms with Crippen LogP contribution in [0.5, 0.6) is 0 Å². The van der Waals surface area contributed by atoms with Gasteiger partial charge in [-0.2, -0.15) is 0 Å². The Balaban J connectivity index is 2.00. The zero-order chi connectivity index (χ0) is 16.8. The Morgan fingerprint density at radius 2 is 1.78 bits per heavy atom. The van der Waals surface area contributed by atoms with Gasteiger partial charge in [0.05, 0.1) is 0 Å². The Hall–Kier alpha value is -1.55. The van der Waals surface area contributed by atoms with E-state index < -0.39 is 6.04 Å². The molecule has 1 saturated carbocycles. The highest BCUT2D eigenvalue weighted by Crippen LogP contribution is 2.18. The minimum atomic E-state index is -0.501. The van der Waals surface area contributed by atoms with Crippen LogP contribution in [-0.4, -0.2) is 23.9 Å². The van der Waals surface area contributed by atoms with Gasteiger partial charge in [-0.3, -0.25) is 9.59 Å². The summed E-state index contributed by atoms with van der Waals surface area (Å²) in [7, 11) is 0. The van der Waals surface area contributed by atoms with E-state index in [1.807, 2.05) is 13.8 Å². The third-order valence-electron chi connectivity index (χ3n) is 4.14. The van der Waals surface area contributed by atoms with E-state index in [1.54, 1.807) is 24.3 Å². The first kappa shape index (κ1) is 17.8. The number of amides is 2. The fourth-order valence-corrected chi connectivity index (χ4v) is 3.04. The number of carbonyl (C=O) groups is 2. The molecule has 0 aliphatic heterocycles. The highest BCUT2D eigenvalue weighted by atomic mass is 35.5. The summed E-state index contributed by atoms with van der Waals surface area (Å²) in [6.45, 7) is 4.09. The van der Waals surface area contributed by atoms with E-state index in [4.69, 9.17) is 11.6 Å². The SMILES string of the molecule is CC(C)CC(NC(=O)c1ccc(Cl)cc1)C(=O)NC1CCCC1. The summed E-state index contributed by atoms with van der Waals surface area (Å²) in [5, 5.41) is 6.52. The van der Waals surface area contributed by atoms with Gasteiger partial charge >= 0.3 is 0 Å². The molecule has 2 rings (SSSR count). The average molecular weight is 337 g/mol. The van der Waals surface area contributed by atoms with E-state index in [2.05, 4.69) is 10.6 Å². The number of benzene rings is 1. The number of nitrogens with one attached hydrogen (secondary N) is 2. The Labute approximate surface area is 143 Å². The molecule has 0 heterocycles. The van der Waals surface area contributed by atoms with Crippen molar-refractivity contribution in [2.45, 2.75) is 58.0 Å². The number of carbonyl (C=O) groups excluding carboxylic acids is 2. The fraction of sp³-hybridized carbons (Fsp3) is 0.556. The number of rotatable bonds is 6. The van der Waals surface area contributed by atoms with Gasteiger partial charge in [-0.1, -0.05) is 38.3 Å². The van der Waals surface area contributed by atoms with E-state index in [9.17, 15) is 9.59 Å². The minimum Gasteiger partial charge on any atom is -0.352 e. The number of hydrogen-bond acceptors (Lipinski definition) is 2. The van der Waals surface area contributed by atoms with Gasteiger partial charge in [-0.25, -0.2) is 0 Å². The molecule has 0 spiro atoms. The van der Waals surface area contributed by atoms with Crippen molar-refractivity contribution in [1.29, 1.82) is 0 Å². The molecule has 0 aromatic heterocycles. The molecule has 0 bridgehead atoms. The van der Waals surface area contributed by atoms with Crippen LogP contribution in [0.25, 0.3) is 0 Å². The minimum absolute atomic E-state index is 0.0760. The molecule has 1 aromatic carbocycles. The second-order valence-electron chi connectivity index (χ2n) is 6.65. The second kappa shape index (κ2) is 8.34. The van der Waals surface area contributed by atoms with Crippen LogP contribution in [0.2, 0.25) is 5.02 Å². The number of halogens is 1. The van der Waals surface area contributed by atoms with Crippen LogP contribution in [0.4, 0.5) is 0 Å². The maximum absolute atomic E-state index is 12.5. The Morgan fingerprint density at radius 3 is 2.35 bits per heavy atom. The van der Waals surface area contributed by atoms with E-state index in [0.29, 0.717) is 22.9 Å². The highest BCUT2D eigenvalue weighted by Gasteiger charge is 2.25. The van der Waals surface area contributed by atoms with Crippen LogP contribution in [0.1, 0.15) is 56.3 Å². The van der Waals surface area contributed by atoms with Gasteiger partial charge < -0.3 is 10.6 Å². The first-order chi connectivity index (χ1) is 11.0. The van der Waals surface area contributed by atoms with E-state index in [-0.39, 0.29) is 17.9 Å². The molecule has 0 radical (unpaired) electrons. The summed E-state index contributed by atoms with van der Waals surface area (Å²) in [5.74, 6) is 0.00153. The third kappa shape index (κ3) is 5.54. The van der Waals surface area contributed by atoms with E-state index in [0.717, 1.165) is 25.7 Å². The third-order valence-corrected chi connectivity index (χ3v) is 4.39. The zero-order valence-electron chi connectivity index (χ0n) is 13.8. The summed E-state index contributed by atoms with van der Waals surface area (Å²) in [4.78, 5) is 24.9. The van der Waals surface area contributed by atoms with Gasteiger partial charge in [0.25, 0.3) is 5.91 Å². The largest absolute Gasteiger partial charge is 0.352 e. The first-order valence-corrected chi connectivity index (χ1v) is 8.70. The summed E-state index contributed by atoms with van der Waals surface area (Å²) >= 11 is 5.84. The van der Waals surface area contributed by atoms with Crippen molar-refractivity contribution < 1.29 is 9.59 Å². The lowest BCUT2D eigenvalue weighted by Crippen LogP contribution is -2.49. The maximum atomic E-state index is 12.5. The molecule has 5 heteroatoms. The van der Waals surface area contributed by atoms with Crippen LogP contribution >= 0.6 is 11.6 Å². The molecule has 126 valence electrons. The molecule has 1 aliphatic carbocycles. The zero-order valence-corrected chi connectivity index (χ0v) is 14.5. The lowest BCUT2D eigenvalue weighted by Gasteiger charge is -2.22. The smallest absolute Gasteiger partial charge is 0.251 e. The lowest BCUT2D eigenvalue weighted by atomic mass is 10.0. The molecule has 0 saturated heterocycles. The van der Waals surface area contributed by atoms with Crippen molar-refractivity contribution >= 4 is 23.4 Å². The van der Waals surface area contributed by atoms with Gasteiger partial charge in [0.15, 0.2) is 0 Å². The molecular formula is C18H25ClN2O2. The van der Waals surface area contributed by atoms with Gasteiger partial charge in [0, 0.05) is 16.6 Å². The molecule has 2 N–H and O–H groups in total. The average Bonchev–Trinajstić information content (AvgIpc) is 2.99. The van der Waals surface area contributed by atoms with Crippen LogP contribution in [0, 0.1) is 5.92 Å². The van der Waals surface area contributed by atoms with E-state index >= 15 is 0 Å². The Morgan fingerprint density at radius 1 is 1.17 bits per heavy atom. The standard InChI is InChI=1S/C18H25ClN2O2/c1-12(2)11-16(18(23)20-15-5-3-4-6-15)21-17(22)13-7-9-14(19)10-8-13/h7-10,12,15-16H,3-6,11H2,1-2H3,(H,20,23)(H,21,22). The fourth-order valence-electron chi connectivity index (χ4n) is 2.92. The molecule has 23 heavy (non-hydrogen) atoms. The topological polar surface area (TPSA) is 58.2 Å². The van der Waals surface area contributed by atoms with Crippen molar-refractivity contribution in [1.82, 2.24) is 10.6 Å². The molecule has 1 aromatic rings. The Kier molecular flexibility index (Phi) is 6.46. The van der Waals surface area contributed by atoms with Gasteiger partial charge in [0.1, 0.15) is 6.04 Å². The van der Waals surface area contributed by atoms with Gasteiger partial charge in [-0.05, 0) is 49.4 Å². The molecule has 1 atom stereocenters. The summed E-state index contributed by atoms with van der Waals surface area (Å²) in [6, 6.07) is 6.43. The molecular weight excluding hydrogens is 312 g/mol. The summed E-state index contributed by atoms with van der Waals surface area (Å²) < 4.78 is 0. The maximum Gasteiger partial charge on any atom is 0.251 e. The molecule has 1 unspecified atom stereocenters. The van der Waals surface area contributed by atoms with Crippen molar-refractivity contribution in [3.05, 3.63) is 34.9 Å². The second-order valence-corrected chi connectivity index (χ2v) is 7.09. The quantitative estimate of drug-likeness (QED) is 0.834. The molecule has 2 amide bonds. The molecule has 1 aliphatic rings. The predicted octanol–water partition coefficient (Wildman–Crippen LogP) is 3.54. The number of hydrogen-bond donors (Lipinski definition) is 2. The van der Waals surface area contributed by atoms with Crippen LogP contribution < -0.4 is 10.6 Å². The normalized spacial score (nSPS) is 16.3. The summed E-state index contributed by atoms with van der Waals surface area (Å²) in [6.07, 6.45) is 5.02. The van der Waals surface area contributed by atoms with Gasteiger partial charge in [0.2, 0.25) is 5.91 Å². The monoisotopic (exact) mass is 336 g/mol. The lowest BCUT2D eigenvalue weighted by molar-refractivity contribution is -0.124. The predicted molar refractivity (Wildman–Crippen MR) is 92.6 cm³/mol. The van der Waals surface area contributed by atoms with Crippen molar-refractivity contribution in [2.24, 2.45) is 5.92 Å². The van der Waals surface area contributed by atoms with Crippen molar-refractivity contribution in [3.8, 4) is 0 Å². The molecule has 4 nitrogen and oxygen atoms in total. The van der Waals surface area contributed by atoms with Crippen molar-refractivity contribution in [3.63, 3.8) is 0 Å². The van der Waals surface area contributed by atoms with Gasteiger partial charge in [-0.15, -0.1) is 0 Å². The summed E-state index contributed by atoms with van der Waals surface area (Å²) in [5.41, 5.74) is 0.511. The van der Waals surface area contributed by atoms with E-state index in [1.165, 1.54) is 0 Å². The highest BCUT2D eigenvalue weighted by molar-refractivity contribution is 6.30. The molecule has 1 fully saturated rings. The van der Waals surface area contributed by atoms with Crippen LogP contribution in [0.15, 0.2) is 24.3 Å². The Bertz CT molecular complexity index is 536.